The van der Waals surface area contributed by atoms with Gasteiger partial charge in [0.1, 0.15) is 0 Å². The van der Waals surface area contributed by atoms with Crippen molar-refractivity contribution in [3.63, 3.8) is 0 Å². The van der Waals surface area contributed by atoms with E-state index in [-0.39, 0.29) is 17.9 Å². The molecule has 2 aliphatic rings. The highest BCUT2D eigenvalue weighted by Gasteiger charge is 2.37. The highest BCUT2D eigenvalue weighted by molar-refractivity contribution is 5.93. The van der Waals surface area contributed by atoms with Crippen LogP contribution >= 0.6 is 0 Å². The molecule has 114 valence electrons. The number of aromatic nitrogens is 2. The standard InChI is InChI=1S/C15H22N4O2/c1-17-9-12(8-16-17)15(21)19-7-6-13-11(10-19)4-3-5-14(20)18(13)2/h8-9,11,13H,3-7,10H2,1-2H3/t11-,13+/m0/s1. The number of hydrogen-bond donors (Lipinski definition) is 0. The molecule has 2 amide bonds. The van der Waals surface area contributed by atoms with E-state index < -0.39 is 0 Å². The van der Waals surface area contributed by atoms with E-state index in [1.54, 1.807) is 17.1 Å². The average Bonchev–Trinajstić information content (AvgIpc) is 2.86. The van der Waals surface area contributed by atoms with Crippen molar-refractivity contribution < 1.29 is 9.59 Å². The van der Waals surface area contributed by atoms with Crippen molar-refractivity contribution in [2.75, 3.05) is 20.1 Å². The van der Waals surface area contributed by atoms with E-state index in [2.05, 4.69) is 5.10 Å². The van der Waals surface area contributed by atoms with Crippen LogP contribution in [0.5, 0.6) is 0 Å². The Labute approximate surface area is 124 Å². The highest BCUT2D eigenvalue weighted by atomic mass is 16.2. The number of carbonyl (C=O) groups is 2. The van der Waals surface area contributed by atoms with Crippen LogP contribution in [-0.4, -0.2) is 57.6 Å². The van der Waals surface area contributed by atoms with Gasteiger partial charge in [-0.1, -0.05) is 0 Å². The van der Waals surface area contributed by atoms with E-state index in [0.29, 0.717) is 24.4 Å². The van der Waals surface area contributed by atoms with Gasteiger partial charge >= 0.3 is 0 Å². The predicted octanol–water partition coefficient (Wildman–Crippen LogP) is 0.893. The Kier molecular flexibility index (Phi) is 3.69. The molecule has 0 aromatic carbocycles. The second kappa shape index (κ2) is 5.50. The summed E-state index contributed by atoms with van der Waals surface area (Å²) in [6, 6.07) is 0.290. The zero-order valence-electron chi connectivity index (χ0n) is 12.7. The van der Waals surface area contributed by atoms with Crippen LogP contribution < -0.4 is 0 Å². The summed E-state index contributed by atoms with van der Waals surface area (Å²) in [5.41, 5.74) is 0.647. The first-order valence-corrected chi connectivity index (χ1v) is 7.60. The fourth-order valence-electron chi connectivity index (χ4n) is 3.59. The Bertz CT molecular complexity index is 554. The zero-order chi connectivity index (χ0) is 15.0. The van der Waals surface area contributed by atoms with Gasteiger partial charge in [0.05, 0.1) is 11.8 Å². The third-order valence-electron chi connectivity index (χ3n) is 4.79. The maximum atomic E-state index is 12.5. The summed E-state index contributed by atoms with van der Waals surface area (Å²) in [7, 11) is 3.72. The van der Waals surface area contributed by atoms with E-state index >= 15 is 0 Å². The van der Waals surface area contributed by atoms with E-state index in [0.717, 1.165) is 25.8 Å². The van der Waals surface area contributed by atoms with Crippen molar-refractivity contribution in [1.29, 1.82) is 0 Å². The minimum absolute atomic E-state index is 0.0553. The molecule has 0 radical (unpaired) electrons. The number of hydrogen-bond acceptors (Lipinski definition) is 3. The van der Waals surface area contributed by atoms with Gasteiger partial charge in [0.25, 0.3) is 5.91 Å². The number of aryl methyl sites for hydroxylation is 1. The number of likely N-dealkylation sites (tertiary alicyclic amines) is 2. The minimum Gasteiger partial charge on any atom is -0.342 e. The maximum absolute atomic E-state index is 12.5. The van der Waals surface area contributed by atoms with Gasteiger partial charge < -0.3 is 9.80 Å². The van der Waals surface area contributed by atoms with Gasteiger partial charge in [0.2, 0.25) is 5.91 Å². The molecular formula is C15H22N4O2. The van der Waals surface area contributed by atoms with Crippen LogP contribution in [0.15, 0.2) is 12.4 Å². The Morgan fingerprint density at radius 1 is 1.33 bits per heavy atom. The quantitative estimate of drug-likeness (QED) is 0.772. The predicted molar refractivity (Wildman–Crippen MR) is 77.6 cm³/mol. The Morgan fingerprint density at radius 3 is 2.86 bits per heavy atom. The number of fused-ring (bicyclic) bond motifs is 1. The molecule has 1 aromatic rings. The molecule has 2 atom stereocenters. The smallest absolute Gasteiger partial charge is 0.257 e. The fraction of sp³-hybridized carbons (Fsp3) is 0.667. The highest BCUT2D eigenvalue weighted by Crippen LogP contribution is 2.30. The lowest BCUT2D eigenvalue weighted by atomic mass is 9.88. The molecule has 3 rings (SSSR count). The molecule has 3 heterocycles. The average molecular weight is 290 g/mol. The Hall–Kier alpha value is -1.85. The Balaban J connectivity index is 1.72. The summed E-state index contributed by atoms with van der Waals surface area (Å²) in [5, 5.41) is 4.07. The Morgan fingerprint density at radius 2 is 2.14 bits per heavy atom. The molecule has 0 N–H and O–H groups in total. The first-order chi connectivity index (χ1) is 10.1. The van der Waals surface area contributed by atoms with Gasteiger partial charge in [-0.2, -0.15) is 5.10 Å². The molecule has 0 bridgehead atoms. The van der Waals surface area contributed by atoms with Crippen molar-refractivity contribution in [2.24, 2.45) is 13.0 Å². The van der Waals surface area contributed by atoms with Crippen LogP contribution in [0.2, 0.25) is 0 Å². The number of amides is 2. The molecule has 21 heavy (non-hydrogen) atoms. The largest absolute Gasteiger partial charge is 0.342 e. The van der Waals surface area contributed by atoms with Crippen LogP contribution in [0.4, 0.5) is 0 Å². The second-order valence-electron chi connectivity index (χ2n) is 6.17. The summed E-state index contributed by atoms with van der Waals surface area (Å²) in [6.07, 6.45) is 6.85. The molecule has 2 saturated heterocycles. The molecule has 0 unspecified atom stereocenters. The van der Waals surface area contributed by atoms with Crippen LogP contribution in [-0.2, 0) is 11.8 Å². The lowest BCUT2D eigenvalue weighted by Gasteiger charge is -2.41. The van der Waals surface area contributed by atoms with Crippen molar-refractivity contribution in [1.82, 2.24) is 19.6 Å². The molecule has 0 spiro atoms. The summed E-state index contributed by atoms with van der Waals surface area (Å²) in [4.78, 5) is 28.3. The summed E-state index contributed by atoms with van der Waals surface area (Å²) in [6.45, 7) is 1.46. The van der Waals surface area contributed by atoms with Crippen molar-refractivity contribution in [3.05, 3.63) is 18.0 Å². The van der Waals surface area contributed by atoms with Crippen LogP contribution in [0.25, 0.3) is 0 Å². The number of piperidine rings is 1. The number of rotatable bonds is 1. The van der Waals surface area contributed by atoms with Crippen LogP contribution in [0, 0.1) is 5.92 Å². The molecule has 2 aliphatic heterocycles. The second-order valence-corrected chi connectivity index (χ2v) is 6.17. The number of carbonyl (C=O) groups excluding carboxylic acids is 2. The van der Waals surface area contributed by atoms with Gasteiger partial charge in [0, 0.05) is 45.8 Å². The van der Waals surface area contributed by atoms with Gasteiger partial charge in [-0.15, -0.1) is 0 Å². The monoisotopic (exact) mass is 290 g/mol. The molecular weight excluding hydrogens is 268 g/mol. The number of nitrogens with zero attached hydrogens (tertiary/aromatic N) is 4. The normalized spacial score (nSPS) is 26.5. The molecule has 1 aromatic heterocycles. The summed E-state index contributed by atoms with van der Waals surface area (Å²) < 4.78 is 1.65. The minimum atomic E-state index is 0.0553. The maximum Gasteiger partial charge on any atom is 0.257 e. The van der Waals surface area contributed by atoms with E-state index in [9.17, 15) is 9.59 Å². The molecule has 0 saturated carbocycles. The van der Waals surface area contributed by atoms with Crippen LogP contribution in [0.3, 0.4) is 0 Å². The van der Waals surface area contributed by atoms with E-state index in [1.807, 2.05) is 23.9 Å². The molecule has 0 aliphatic carbocycles. The van der Waals surface area contributed by atoms with Gasteiger partial charge in [-0.05, 0) is 25.2 Å². The zero-order valence-corrected chi connectivity index (χ0v) is 12.7. The van der Waals surface area contributed by atoms with E-state index in [4.69, 9.17) is 0 Å². The molecule has 6 nitrogen and oxygen atoms in total. The van der Waals surface area contributed by atoms with Gasteiger partial charge in [-0.3, -0.25) is 14.3 Å². The molecule has 6 heteroatoms. The summed E-state index contributed by atoms with van der Waals surface area (Å²) in [5.74, 6) is 0.699. The third kappa shape index (κ3) is 2.66. The van der Waals surface area contributed by atoms with Crippen molar-refractivity contribution >= 4 is 11.8 Å². The lowest BCUT2D eigenvalue weighted by Crippen LogP contribution is -2.51. The third-order valence-corrected chi connectivity index (χ3v) is 4.79. The molecule has 2 fully saturated rings. The van der Waals surface area contributed by atoms with Gasteiger partial charge in [0.15, 0.2) is 0 Å². The summed E-state index contributed by atoms with van der Waals surface area (Å²) >= 11 is 0. The lowest BCUT2D eigenvalue weighted by molar-refractivity contribution is -0.132. The van der Waals surface area contributed by atoms with E-state index in [1.165, 1.54) is 0 Å². The van der Waals surface area contributed by atoms with Crippen molar-refractivity contribution in [3.8, 4) is 0 Å². The van der Waals surface area contributed by atoms with Crippen molar-refractivity contribution in [2.45, 2.75) is 31.7 Å². The fourth-order valence-corrected chi connectivity index (χ4v) is 3.59. The first-order valence-electron chi connectivity index (χ1n) is 7.60. The first kappa shape index (κ1) is 14.1. The van der Waals surface area contributed by atoms with Crippen LogP contribution in [0.1, 0.15) is 36.0 Å². The topological polar surface area (TPSA) is 58.4 Å². The van der Waals surface area contributed by atoms with Gasteiger partial charge in [-0.25, -0.2) is 0 Å². The SMILES string of the molecule is CN1C(=O)CCC[C@H]2CN(C(=O)c3cnn(C)c3)CC[C@H]21.